The summed E-state index contributed by atoms with van der Waals surface area (Å²) in [7, 11) is 0. The van der Waals surface area contributed by atoms with Gasteiger partial charge in [-0.2, -0.15) is 13.2 Å². The number of carbonyl (C=O) groups excluding carboxylic acids is 1. The van der Waals surface area contributed by atoms with Crippen molar-refractivity contribution >= 4 is 17.6 Å². The smallest absolute Gasteiger partial charge is 0.411 e. The Bertz CT molecular complexity index is 491. The van der Waals surface area contributed by atoms with Gasteiger partial charge in [-0.15, -0.1) is 0 Å². The minimum atomic E-state index is -4.45. The van der Waals surface area contributed by atoms with Crippen molar-refractivity contribution in [3.63, 3.8) is 0 Å². The number of nitrogens with zero attached hydrogens (tertiary/aromatic N) is 1. The first-order valence-corrected chi connectivity index (χ1v) is 5.42. The SMILES string of the molecule is O=C(CCOCC(F)(F)F)Nc1cccnc1C(=O)O. The van der Waals surface area contributed by atoms with E-state index in [-0.39, 0.29) is 17.8 Å². The topological polar surface area (TPSA) is 88.5 Å². The minimum Gasteiger partial charge on any atom is -0.476 e. The Labute approximate surface area is 111 Å². The fourth-order valence-corrected chi connectivity index (χ4v) is 1.24. The number of carboxylic acid groups (broad SMARTS) is 1. The van der Waals surface area contributed by atoms with Crippen LogP contribution in [-0.4, -0.2) is 41.4 Å². The van der Waals surface area contributed by atoms with Crippen LogP contribution in [0.5, 0.6) is 0 Å². The predicted octanol–water partition coefficient (Wildman–Crippen LogP) is 1.69. The summed E-state index contributed by atoms with van der Waals surface area (Å²) in [5.74, 6) is -1.99. The lowest BCUT2D eigenvalue weighted by Gasteiger charge is -2.09. The van der Waals surface area contributed by atoms with E-state index in [1.165, 1.54) is 18.3 Å². The Hall–Kier alpha value is -2.16. The molecule has 0 bridgehead atoms. The van der Waals surface area contributed by atoms with Crippen LogP contribution in [0.25, 0.3) is 0 Å². The molecule has 0 aromatic carbocycles. The Kier molecular flexibility index (Phi) is 5.44. The van der Waals surface area contributed by atoms with Crippen LogP contribution < -0.4 is 5.32 Å². The second-order valence-corrected chi connectivity index (χ2v) is 3.67. The van der Waals surface area contributed by atoms with Crippen molar-refractivity contribution in [1.82, 2.24) is 4.98 Å². The van der Waals surface area contributed by atoms with Crippen LogP contribution in [0, 0.1) is 0 Å². The van der Waals surface area contributed by atoms with E-state index in [4.69, 9.17) is 5.11 Å². The van der Waals surface area contributed by atoms with E-state index in [2.05, 4.69) is 15.0 Å². The molecule has 0 saturated heterocycles. The molecule has 0 spiro atoms. The van der Waals surface area contributed by atoms with Gasteiger partial charge in [-0.05, 0) is 12.1 Å². The number of halogens is 3. The van der Waals surface area contributed by atoms with Gasteiger partial charge in [-0.25, -0.2) is 9.78 Å². The Morgan fingerprint density at radius 2 is 2.10 bits per heavy atom. The van der Waals surface area contributed by atoms with Gasteiger partial charge in [0, 0.05) is 6.20 Å². The molecule has 110 valence electrons. The summed E-state index contributed by atoms with van der Waals surface area (Å²) in [6, 6.07) is 2.74. The number of nitrogens with one attached hydrogen (secondary N) is 1. The highest BCUT2D eigenvalue weighted by molar-refractivity contribution is 5.98. The number of ether oxygens (including phenoxy) is 1. The van der Waals surface area contributed by atoms with E-state index in [0.717, 1.165) is 0 Å². The number of carboxylic acids is 1. The van der Waals surface area contributed by atoms with Gasteiger partial charge in [-0.3, -0.25) is 4.79 Å². The van der Waals surface area contributed by atoms with E-state index >= 15 is 0 Å². The van der Waals surface area contributed by atoms with Gasteiger partial charge < -0.3 is 15.2 Å². The molecular weight excluding hydrogens is 281 g/mol. The summed E-state index contributed by atoms with van der Waals surface area (Å²) >= 11 is 0. The van der Waals surface area contributed by atoms with Crippen molar-refractivity contribution in [3.05, 3.63) is 24.0 Å². The molecule has 1 heterocycles. The van der Waals surface area contributed by atoms with Crippen LogP contribution in [0.4, 0.5) is 18.9 Å². The van der Waals surface area contributed by atoms with Crippen LogP contribution in [0.15, 0.2) is 18.3 Å². The standard InChI is InChI=1S/C11H11F3N2O4/c12-11(13,14)6-20-5-3-8(17)16-7-2-1-4-15-9(7)10(18)19/h1-2,4H,3,5-6H2,(H,16,17)(H,18,19). The second kappa shape index (κ2) is 6.85. The lowest BCUT2D eigenvalue weighted by atomic mass is 10.3. The van der Waals surface area contributed by atoms with Gasteiger partial charge in [-0.1, -0.05) is 0 Å². The number of amides is 1. The first kappa shape index (κ1) is 15.9. The van der Waals surface area contributed by atoms with Crippen molar-refractivity contribution in [3.8, 4) is 0 Å². The number of rotatable bonds is 6. The third-order valence-corrected chi connectivity index (χ3v) is 2.02. The van der Waals surface area contributed by atoms with Gasteiger partial charge in [0.15, 0.2) is 5.69 Å². The Morgan fingerprint density at radius 1 is 1.40 bits per heavy atom. The zero-order chi connectivity index (χ0) is 15.2. The summed E-state index contributed by atoms with van der Waals surface area (Å²) in [6.45, 7) is -1.86. The van der Waals surface area contributed by atoms with E-state index < -0.39 is 31.3 Å². The number of aromatic nitrogens is 1. The highest BCUT2D eigenvalue weighted by Crippen LogP contribution is 2.15. The van der Waals surface area contributed by atoms with Gasteiger partial charge in [0.1, 0.15) is 6.61 Å². The fourth-order valence-electron chi connectivity index (χ4n) is 1.24. The van der Waals surface area contributed by atoms with Crippen molar-refractivity contribution in [2.45, 2.75) is 12.6 Å². The number of pyridine rings is 1. The number of anilines is 1. The van der Waals surface area contributed by atoms with Gasteiger partial charge >= 0.3 is 12.1 Å². The molecule has 0 unspecified atom stereocenters. The predicted molar refractivity (Wildman–Crippen MR) is 61.3 cm³/mol. The summed E-state index contributed by atoms with van der Waals surface area (Å²) in [5, 5.41) is 11.1. The quantitative estimate of drug-likeness (QED) is 0.779. The molecular formula is C11H11F3N2O4. The highest BCUT2D eigenvalue weighted by atomic mass is 19.4. The molecule has 1 aromatic heterocycles. The van der Waals surface area contributed by atoms with E-state index in [1.807, 2.05) is 0 Å². The Balaban J connectivity index is 2.45. The van der Waals surface area contributed by atoms with Gasteiger partial charge in [0.2, 0.25) is 5.91 Å². The Morgan fingerprint density at radius 3 is 2.70 bits per heavy atom. The van der Waals surface area contributed by atoms with Crippen LogP contribution >= 0.6 is 0 Å². The van der Waals surface area contributed by atoms with Crippen molar-refractivity contribution in [2.24, 2.45) is 0 Å². The van der Waals surface area contributed by atoms with Crippen LogP contribution in [-0.2, 0) is 9.53 Å². The molecule has 9 heteroatoms. The second-order valence-electron chi connectivity index (χ2n) is 3.67. The summed E-state index contributed by atoms with van der Waals surface area (Å²) in [6.07, 6.45) is -3.54. The minimum absolute atomic E-state index is 0.0270. The molecule has 1 amide bonds. The van der Waals surface area contributed by atoms with E-state index in [1.54, 1.807) is 0 Å². The molecule has 6 nitrogen and oxygen atoms in total. The van der Waals surface area contributed by atoms with Gasteiger partial charge in [0.05, 0.1) is 18.7 Å². The molecule has 1 aromatic rings. The maximum Gasteiger partial charge on any atom is 0.411 e. The molecule has 0 fully saturated rings. The highest BCUT2D eigenvalue weighted by Gasteiger charge is 2.27. The third-order valence-electron chi connectivity index (χ3n) is 2.02. The average Bonchev–Trinajstić information content (AvgIpc) is 2.34. The largest absolute Gasteiger partial charge is 0.476 e. The van der Waals surface area contributed by atoms with Crippen molar-refractivity contribution in [2.75, 3.05) is 18.5 Å². The number of carbonyl (C=O) groups is 2. The van der Waals surface area contributed by atoms with Gasteiger partial charge in [0.25, 0.3) is 0 Å². The third kappa shape index (κ3) is 5.65. The summed E-state index contributed by atoms with van der Waals surface area (Å²) in [5.41, 5.74) is -0.377. The monoisotopic (exact) mass is 292 g/mol. The van der Waals surface area contributed by atoms with Crippen molar-refractivity contribution < 1.29 is 32.6 Å². The normalized spacial score (nSPS) is 11.2. The van der Waals surface area contributed by atoms with E-state index in [0.29, 0.717) is 0 Å². The molecule has 1 rings (SSSR count). The first-order valence-electron chi connectivity index (χ1n) is 5.42. The maximum absolute atomic E-state index is 11.8. The number of aromatic carboxylic acids is 1. The molecule has 0 aliphatic rings. The molecule has 0 atom stereocenters. The van der Waals surface area contributed by atoms with Crippen LogP contribution in [0.1, 0.15) is 16.9 Å². The van der Waals surface area contributed by atoms with Crippen LogP contribution in [0.3, 0.4) is 0 Å². The molecule has 20 heavy (non-hydrogen) atoms. The first-order chi connectivity index (χ1) is 9.29. The number of alkyl halides is 3. The van der Waals surface area contributed by atoms with Crippen LogP contribution in [0.2, 0.25) is 0 Å². The fraction of sp³-hybridized carbons (Fsp3) is 0.364. The number of hydrogen-bond acceptors (Lipinski definition) is 4. The molecule has 0 radical (unpaired) electrons. The zero-order valence-electron chi connectivity index (χ0n) is 10.1. The maximum atomic E-state index is 11.8. The number of hydrogen-bond donors (Lipinski definition) is 2. The lowest BCUT2D eigenvalue weighted by molar-refractivity contribution is -0.174. The molecule has 2 N–H and O–H groups in total. The lowest BCUT2D eigenvalue weighted by Crippen LogP contribution is -2.21. The van der Waals surface area contributed by atoms with Crippen molar-refractivity contribution in [1.29, 1.82) is 0 Å². The molecule has 0 aliphatic heterocycles. The average molecular weight is 292 g/mol. The van der Waals surface area contributed by atoms with E-state index in [9.17, 15) is 22.8 Å². The summed E-state index contributed by atoms with van der Waals surface area (Å²) < 4.78 is 39.6. The zero-order valence-corrected chi connectivity index (χ0v) is 10.1. The summed E-state index contributed by atoms with van der Waals surface area (Å²) in [4.78, 5) is 25.8. The molecule has 0 aliphatic carbocycles. The molecule has 0 saturated carbocycles.